The molecular formula is C57H60N3O12+. The lowest BCUT2D eigenvalue weighted by molar-refractivity contribution is -0.327. The smallest absolute Gasteiger partial charge is 0.254 e. The third-order valence-corrected chi connectivity index (χ3v) is 16.7. The number of aliphatic imine (C=N–C) groups is 1. The van der Waals surface area contributed by atoms with Gasteiger partial charge in [-0.05, 0) is 115 Å². The van der Waals surface area contributed by atoms with Crippen LogP contribution in [-0.2, 0) is 38.3 Å². The Bertz CT molecular complexity index is 3000. The van der Waals surface area contributed by atoms with E-state index in [2.05, 4.69) is 23.8 Å². The van der Waals surface area contributed by atoms with Crippen LogP contribution in [0.1, 0.15) is 111 Å². The van der Waals surface area contributed by atoms with Crippen LogP contribution in [0.2, 0.25) is 0 Å². The van der Waals surface area contributed by atoms with Crippen LogP contribution in [0.15, 0.2) is 63.8 Å². The molecule has 9 unspecified atom stereocenters. The number of rotatable bonds is 10. The van der Waals surface area contributed by atoms with Crippen molar-refractivity contribution in [1.29, 1.82) is 0 Å². The van der Waals surface area contributed by atoms with E-state index in [-0.39, 0.29) is 72.1 Å². The van der Waals surface area contributed by atoms with Gasteiger partial charge >= 0.3 is 0 Å². The van der Waals surface area contributed by atoms with Crippen molar-refractivity contribution in [2.24, 2.45) is 10.9 Å². The second kappa shape index (κ2) is 18.8. The molecule has 9 atom stereocenters. The summed E-state index contributed by atoms with van der Waals surface area (Å²) < 4.78 is 38.1. The minimum absolute atomic E-state index is 0.0133. The Kier molecular flexibility index (Phi) is 12.3. The molecule has 15 heteroatoms. The molecule has 15 nitrogen and oxygen atoms in total. The van der Waals surface area contributed by atoms with Crippen molar-refractivity contribution >= 4 is 34.8 Å². The molecule has 0 spiro atoms. The van der Waals surface area contributed by atoms with Gasteiger partial charge in [-0.25, -0.2) is 0 Å². The first kappa shape index (κ1) is 47.1. The maximum Gasteiger partial charge on any atom is 0.254 e. The molecule has 4 aliphatic carbocycles. The number of Topliss-reactive ketones (excluding diaryl/α,β-unsaturated/α-hetero) is 1. The van der Waals surface area contributed by atoms with Gasteiger partial charge in [0.2, 0.25) is 6.29 Å². The molecule has 0 aromatic heterocycles. The van der Waals surface area contributed by atoms with Crippen LogP contribution in [0.25, 0.3) is 16.8 Å². The molecule has 2 fully saturated rings. The van der Waals surface area contributed by atoms with Crippen molar-refractivity contribution in [1.82, 2.24) is 10.2 Å². The molecule has 1 amide bonds. The largest absolute Gasteiger partial charge is 0.506 e. The van der Waals surface area contributed by atoms with Gasteiger partial charge in [0.15, 0.2) is 23.2 Å². The van der Waals surface area contributed by atoms with E-state index in [4.69, 9.17) is 33.4 Å². The molecule has 5 N–H and O–H groups in total. The van der Waals surface area contributed by atoms with E-state index in [0.717, 1.165) is 107 Å². The standard InChI is InChI=1S/C57H59N3O12/c1-67-20-4-3-19-58-24-30-13-17-41-38(22-30)39(25-59-41)43-18-16-37-52(68-2)36-15-14-33-23-32-9-6-11-34(32)46-45(33)47(36)49-51(64)48(46)42(62)27-60-26-40-31(8-5-12-35(40)55(60)65)10-7-21-69-54-50(63)44(28-70-43)71-56(72-53(37)49)57(54,66)29-61/h5,8,12-13,16-18,22,25,32-34,43-44,50,54,56,58,61,63,66H,3-4,6,9-11,14-15,19-20,23-24,26-29H2,1-2H3/p+1. The zero-order valence-corrected chi connectivity index (χ0v) is 40.6. The number of aromatic hydroxyl groups is 1. The summed E-state index contributed by atoms with van der Waals surface area (Å²) in [4.78, 5) is 35.9. The SMILES string of the molecule is COCCCCNCC1=CC=C2N=CC(C3C=Cc4c(OC)c5c6c7c(c8c(O)c6c4OC4OC(CO3)C(O)C(OC#CCc3cccc6c3CN(CC8=O)C6=O)C4(O)CO)C3CCCC3CC7CC5)=C2[CH+]1. The Balaban J connectivity index is 1.07. The van der Waals surface area contributed by atoms with E-state index in [1.165, 1.54) is 0 Å². The third kappa shape index (κ3) is 7.60. The highest BCUT2D eigenvalue weighted by Gasteiger charge is 2.59. The van der Waals surface area contributed by atoms with Gasteiger partial charge in [0.05, 0.1) is 55.2 Å². The average molecular weight is 979 g/mol. The molecule has 9 aliphatic rings. The van der Waals surface area contributed by atoms with Gasteiger partial charge in [0, 0.05) is 68.5 Å². The summed E-state index contributed by atoms with van der Waals surface area (Å²) in [7, 11) is 3.30. The molecule has 1 saturated heterocycles. The first-order chi connectivity index (χ1) is 35.1. The van der Waals surface area contributed by atoms with Crippen molar-refractivity contribution in [2.75, 3.05) is 53.7 Å². The summed E-state index contributed by atoms with van der Waals surface area (Å²) in [6.07, 6.45) is 14.5. The molecule has 1 saturated carbocycles. The molecule has 374 valence electrons. The van der Waals surface area contributed by atoms with Crippen LogP contribution >= 0.6 is 0 Å². The molecule has 5 heterocycles. The number of carbonyl (C=O) groups excluding carboxylic acids is 2. The zero-order chi connectivity index (χ0) is 49.4. The van der Waals surface area contributed by atoms with E-state index in [0.29, 0.717) is 42.4 Å². The van der Waals surface area contributed by atoms with Crippen molar-refractivity contribution in [2.45, 2.75) is 112 Å². The number of carbonyl (C=O) groups is 2. The molecule has 5 aliphatic heterocycles. The van der Waals surface area contributed by atoms with Crippen molar-refractivity contribution in [3.8, 4) is 29.3 Å². The molecule has 72 heavy (non-hydrogen) atoms. The Hall–Kier alpha value is -5.96. The highest BCUT2D eigenvalue weighted by atomic mass is 16.7. The Labute approximate surface area is 418 Å². The number of hydrogen-bond donors (Lipinski definition) is 5. The Morgan fingerprint density at radius 2 is 1.96 bits per heavy atom. The van der Waals surface area contributed by atoms with Crippen molar-refractivity contribution in [3.05, 3.63) is 110 Å². The van der Waals surface area contributed by atoms with Crippen LogP contribution in [0.3, 0.4) is 0 Å². The number of ketones is 1. The van der Waals surface area contributed by atoms with Gasteiger partial charge in [-0.1, -0.05) is 24.5 Å². The summed E-state index contributed by atoms with van der Waals surface area (Å²) >= 11 is 0. The number of allylic oxidation sites excluding steroid dienone is 3. The number of hydrogen-bond acceptors (Lipinski definition) is 14. The highest BCUT2D eigenvalue weighted by Crippen LogP contribution is 2.62. The first-order valence-corrected chi connectivity index (χ1v) is 25.5. The maximum absolute atomic E-state index is 15.4. The normalized spacial score (nSPS) is 29.7. The monoisotopic (exact) mass is 978 g/mol. The summed E-state index contributed by atoms with van der Waals surface area (Å²) in [5, 5.41) is 53.9. The van der Waals surface area contributed by atoms with Gasteiger partial charge in [0.1, 0.15) is 47.2 Å². The van der Waals surface area contributed by atoms with Crippen molar-refractivity contribution in [3.63, 3.8) is 0 Å². The molecule has 0 radical (unpaired) electrons. The number of unbranched alkanes of at least 4 members (excludes halogenated alkanes) is 1. The average Bonchev–Trinajstić information content (AvgIpc) is 4.12. The van der Waals surface area contributed by atoms with Gasteiger partial charge in [-0.15, -0.1) is 0 Å². The maximum atomic E-state index is 15.4. The number of aliphatic hydroxyl groups is 3. The number of aliphatic hydroxyl groups excluding tert-OH is 2. The van der Waals surface area contributed by atoms with E-state index in [1.54, 1.807) is 37.5 Å². The number of nitrogens with one attached hydrogen (secondary N) is 1. The predicted molar refractivity (Wildman–Crippen MR) is 266 cm³/mol. The molecule has 8 bridgehead atoms. The van der Waals surface area contributed by atoms with Crippen LogP contribution < -0.4 is 14.8 Å². The lowest BCUT2D eigenvalue weighted by Gasteiger charge is -2.48. The molecule has 12 rings (SSSR count). The second-order valence-electron chi connectivity index (χ2n) is 20.7. The summed E-state index contributed by atoms with van der Waals surface area (Å²) in [6.45, 7) is 0.845. The number of phenolic OH excluding ortho intramolecular Hbond substituents is 1. The summed E-state index contributed by atoms with van der Waals surface area (Å²) in [6, 6.07) is 5.39. The van der Waals surface area contributed by atoms with Gasteiger partial charge < -0.3 is 59.1 Å². The van der Waals surface area contributed by atoms with E-state index in [1.807, 2.05) is 30.4 Å². The zero-order valence-electron chi connectivity index (χ0n) is 40.6. The fourth-order valence-corrected chi connectivity index (χ4v) is 13.2. The number of methoxy groups -OCH3 is 2. The number of aryl methyl sites for hydroxylation is 1. The minimum Gasteiger partial charge on any atom is -0.506 e. The molecule has 3 aromatic carbocycles. The van der Waals surface area contributed by atoms with Gasteiger partial charge in [-0.3, -0.25) is 9.59 Å². The number of fused-ring (bicyclic) bond motifs is 8. The minimum atomic E-state index is -2.46. The Morgan fingerprint density at radius 3 is 2.81 bits per heavy atom. The van der Waals surface area contributed by atoms with E-state index >= 15 is 4.79 Å². The lowest BCUT2D eigenvalue weighted by atomic mass is 9.64. The van der Waals surface area contributed by atoms with Gasteiger partial charge in [-0.2, -0.15) is 4.99 Å². The van der Waals surface area contributed by atoms with Crippen LogP contribution in [0.5, 0.6) is 17.2 Å². The van der Waals surface area contributed by atoms with Crippen LogP contribution in [0.4, 0.5) is 0 Å². The quantitative estimate of drug-likeness (QED) is 0.0953. The predicted octanol–water partition coefficient (Wildman–Crippen LogP) is 5.64. The topological polar surface area (TPSA) is 198 Å². The fraction of sp³-hybridized carbons (Fsp3) is 0.474. The van der Waals surface area contributed by atoms with Gasteiger partial charge in [0.25, 0.3) is 5.91 Å². The lowest BCUT2D eigenvalue weighted by Crippen LogP contribution is -2.70. The first-order valence-electron chi connectivity index (χ1n) is 25.5. The fourth-order valence-electron chi connectivity index (χ4n) is 13.2. The number of phenols is 1. The molecule has 3 aromatic rings. The number of nitrogens with zero attached hydrogens (tertiary/aromatic N) is 2. The molecular weight excluding hydrogens is 919 g/mol. The highest BCUT2D eigenvalue weighted by molar-refractivity contribution is 6.14. The van der Waals surface area contributed by atoms with E-state index < -0.39 is 42.9 Å². The third-order valence-electron chi connectivity index (χ3n) is 16.7. The summed E-state index contributed by atoms with van der Waals surface area (Å²) in [5.41, 5.74) is 6.14. The Morgan fingerprint density at radius 1 is 1.07 bits per heavy atom. The second-order valence-corrected chi connectivity index (χ2v) is 20.7. The number of amides is 1. The van der Waals surface area contributed by atoms with Crippen LogP contribution in [-0.4, -0.2) is 133 Å². The van der Waals surface area contributed by atoms with Crippen LogP contribution in [0, 0.1) is 24.4 Å². The number of benzene rings is 3. The van der Waals surface area contributed by atoms with E-state index in [9.17, 15) is 25.2 Å². The summed E-state index contributed by atoms with van der Waals surface area (Å²) in [5.74, 6) is 2.93. The van der Waals surface area contributed by atoms with Crippen molar-refractivity contribution < 1.29 is 58.4 Å². The number of ether oxygens (including phenoxy) is 6.